The molecule has 1 aromatic heterocycles. The first kappa shape index (κ1) is 20.9. The molecule has 7 heteroatoms. The second kappa shape index (κ2) is 10.1. The van der Waals surface area contributed by atoms with E-state index in [0.717, 1.165) is 6.42 Å². The molecule has 0 saturated heterocycles. The topological polar surface area (TPSA) is 88.3 Å². The molecule has 6 nitrogen and oxygen atoms in total. The van der Waals surface area contributed by atoms with E-state index in [1.165, 1.54) is 17.8 Å². The maximum atomic E-state index is 12.2. The van der Waals surface area contributed by atoms with Gasteiger partial charge in [-0.3, -0.25) is 13.8 Å². The fourth-order valence-electron chi connectivity index (χ4n) is 2.43. The number of benzene rings is 1. The van der Waals surface area contributed by atoms with Crippen LogP contribution in [0.25, 0.3) is 0 Å². The van der Waals surface area contributed by atoms with Crippen LogP contribution in [0.15, 0.2) is 41.3 Å². The number of amides is 1. The Labute approximate surface area is 161 Å². The third kappa shape index (κ3) is 6.67. The van der Waals surface area contributed by atoms with Crippen LogP contribution >= 0.6 is 0 Å². The smallest absolute Gasteiger partial charge is 0.237 e. The zero-order chi connectivity index (χ0) is 19.8. The van der Waals surface area contributed by atoms with E-state index in [9.17, 15) is 13.8 Å². The average molecular weight is 391 g/mol. The molecule has 1 unspecified atom stereocenters. The lowest BCUT2D eigenvalue weighted by molar-refractivity contribution is -0.113. The van der Waals surface area contributed by atoms with Gasteiger partial charge in [-0.15, -0.1) is 0 Å². The van der Waals surface area contributed by atoms with Crippen molar-refractivity contribution in [1.29, 1.82) is 0 Å². The molecule has 0 aliphatic heterocycles. The molecule has 0 radical (unpaired) electrons. The molecule has 1 aromatic carbocycles. The highest BCUT2D eigenvalue weighted by Gasteiger charge is 2.11. The molecular weight excluding hydrogens is 364 g/mol. The summed E-state index contributed by atoms with van der Waals surface area (Å²) in [6.07, 6.45) is 2.28. The molecule has 0 saturated carbocycles. The van der Waals surface area contributed by atoms with E-state index in [2.05, 4.69) is 24.1 Å². The predicted molar refractivity (Wildman–Crippen MR) is 109 cm³/mol. The lowest BCUT2D eigenvalue weighted by Gasteiger charge is -2.09. The Morgan fingerprint density at radius 1 is 1.26 bits per heavy atom. The Balaban J connectivity index is 1.88. The Morgan fingerprint density at radius 3 is 2.56 bits per heavy atom. The van der Waals surface area contributed by atoms with Crippen LogP contribution in [0.3, 0.4) is 0 Å². The fourth-order valence-corrected chi connectivity index (χ4v) is 3.41. The van der Waals surface area contributed by atoms with Crippen LogP contribution < -0.4 is 15.5 Å². The van der Waals surface area contributed by atoms with Crippen molar-refractivity contribution in [1.82, 2.24) is 4.98 Å². The number of carbonyl (C=O) groups is 1. The van der Waals surface area contributed by atoms with Gasteiger partial charge in [-0.2, -0.15) is 0 Å². The summed E-state index contributed by atoms with van der Waals surface area (Å²) in [6, 6.07) is 8.96. The minimum Gasteiger partial charge on any atom is -0.488 e. The van der Waals surface area contributed by atoms with Crippen LogP contribution in [-0.2, 0) is 21.3 Å². The lowest BCUT2D eigenvalue weighted by atomic mass is 10.0. The summed E-state index contributed by atoms with van der Waals surface area (Å²) in [4.78, 5) is 26.9. The SMILES string of the molecule is CCCOc1c[nH]c(CS(=O)CC(=O)Nc2ccc(C(C)C)cc2)cc1=O. The van der Waals surface area contributed by atoms with Gasteiger partial charge in [0.05, 0.1) is 12.4 Å². The summed E-state index contributed by atoms with van der Waals surface area (Å²) >= 11 is 0. The molecule has 0 aliphatic carbocycles. The van der Waals surface area contributed by atoms with Gasteiger partial charge in [0.25, 0.3) is 0 Å². The highest BCUT2D eigenvalue weighted by molar-refractivity contribution is 7.84. The molecule has 0 fully saturated rings. The summed E-state index contributed by atoms with van der Waals surface area (Å²) in [5.41, 5.74) is 2.11. The number of hydrogen-bond acceptors (Lipinski definition) is 4. The van der Waals surface area contributed by atoms with Gasteiger partial charge in [-0.25, -0.2) is 0 Å². The second-order valence-corrected chi connectivity index (χ2v) is 8.05. The zero-order valence-corrected chi connectivity index (χ0v) is 16.7. The molecule has 0 bridgehead atoms. The molecule has 2 N–H and O–H groups in total. The molecule has 27 heavy (non-hydrogen) atoms. The summed E-state index contributed by atoms with van der Waals surface area (Å²) in [5, 5.41) is 2.74. The normalized spacial score (nSPS) is 12.0. The number of aromatic amines is 1. The van der Waals surface area contributed by atoms with Gasteiger partial charge < -0.3 is 15.0 Å². The van der Waals surface area contributed by atoms with Gasteiger partial charge >= 0.3 is 0 Å². The van der Waals surface area contributed by atoms with Gasteiger partial charge in [0.15, 0.2) is 5.75 Å². The molecule has 146 valence electrons. The van der Waals surface area contributed by atoms with Crippen LogP contribution in [0.2, 0.25) is 0 Å². The third-order valence-electron chi connectivity index (χ3n) is 3.87. The van der Waals surface area contributed by atoms with E-state index >= 15 is 0 Å². The van der Waals surface area contributed by atoms with Crippen molar-refractivity contribution in [2.75, 3.05) is 17.7 Å². The number of rotatable bonds is 9. The molecule has 0 aliphatic rings. The molecule has 0 spiro atoms. The van der Waals surface area contributed by atoms with E-state index in [1.54, 1.807) is 0 Å². The average Bonchev–Trinajstić information content (AvgIpc) is 2.61. The zero-order valence-electron chi connectivity index (χ0n) is 15.9. The quantitative estimate of drug-likeness (QED) is 0.688. The molecule has 2 aromatic rings. The second-order valence-electron chi connectivity index (χ2n) is 6.59. The minimum atomic E-state index is -1.43. The molecular formula is C20H26N2O4S. The first-order valence-corrected chi connectivity index (χ1v) is 10.5. The Kier molecular flexibility index (Phi) is 7.79. The monoisotopic (exact) mass is 390 g/mol. The van der Waals surface area contributed by atoms with E-state index < -0.39 is 10.8 Å². The molecule has 1 amide bonds. The minimum absolute atomic E-state index is 0.100. The standard InChI is InChI=1S/C20H26N2O4S/c1-4-9-26-19-11-21-17(10-18(19)23)12-27(25)13-20(24)22-16-7-5-15(6-8-16)14(2)3/h5-8,10-11,14H,4,9,12-13H2,1-3H3,(H,21,23)(H,22,24). The van der Waals surface area contributed by atoms with Gasteiger partial charge in [0.2, 0.25) is 11.3 Å². The number of H-pyrrole nitrogens is 1. The summed E-state index contributed by atoms with van der Waals surface area (Å²) < 4.78 is 17.5. The van der Waals surface area contributed by atoms with E-state index in [4.69, 9.17) is 4.74 Å². The van der Waals surface area contributed by atoms with Crippen molar-refractivity contribution in [3.05, 3.63) is 58.0 Å². The molecule has 1 heterocycles. The third-order valence-corrected chi connectivity index (χ3v) is 5.09. The van der Waals surface area contributed by atoms with Crippen molar-refractivity contribution in [3.63, 3.8) is 0 Å². The first-order chi connectivity index (χ1) is 12.9. The summed E-state index contributed by atoms with van der Waals surface area (Å²) in [6.45, 7) is 6.62. The van der Waals surface area contributed by atoms with Crippen molar-refractivity contribution in [3.8, 4) is 5.75 Å². The number of pyridine rings is 1. The maximum absolute atomic E-state index is 12.2. The van der Waals surface area contributed by atoms with Crippen molar-refractivity contribution >= 4 is 22.4 Å². The van der Waals surface area contributed by atoms with Crippen LogP contribution in [-0.4, -0.2) is 27.5 Å². The predicted octanol–water partition coefficient (Wildman–Crippen LogP) is 3.17. The van der Waals surface area contributed by atoms with Crippen LogP contribution in [0, 0.1) is 0 Å². The molecule has 2 rings (SSSR count). The van der Waals surface area contributed by atoms with E-state index in [0.29, 0.717) is 23.9 Å². The van der Waals surface area contributed by atoms with E-state index in [-0.39, 0.29) is 28.6 Å². The highest BCUT2D eigenvalue weighted by Crippen LogP contribution is 2.17. The Morgan fingerprint density at radius 2 is 1.96 bits per heavy atom. The van der Waals surface area contributed by atoms with Crippen LogP contribution in [0.5, 0.6) is 5.75 Å². The van der Waals surface area contributed by atoms with E-state index in [1.807, 2.05) is 31.2 Å². The van der Waals surface area contributed by atoms with Gasteiger partial charge in [0, 0.05) is 34.4 Å². The summed E-state index contributed by atoms with van der Waals surface area (Å²) in [5.74, 6) is 0.304. The fraction of sp³-hybridized carbons (Fsp3) is 0.400. The van der Waals surface area contributed by atoms with Crippen molar-refractivity contribution < 1.29 is 13.7 Å². The Hall–Kier alpha value is -2.41. The highest BCUT2D eigenvalue weighted by atomic mass is 32.2. The largest absolute Gasteiger partial charge is 0.488 e. The first-order valence-electron chi connectivity index (χ1n) is 8.98. The number of carbonyl (C=O) groups excluding carboxylic acids is 1. The number of nitrogens with one attached hydrogen (secondary N) is 2. The van der Waals surface area contributed by atoms with Crippen molar-refractivity contribution in [2.24, 2.45) is 0 Å². The lowest BCUT2D eigenvalue weighted by Crippen LogP contribution is -2.21. The number of ether oxygens (including phenoxy) is 1. The number of aromatic nitrogens is 1. The molecule has 1 atom stereocenters. The number of anilines is 1. The number of hydrogen-bond donors (Lipinski definition) is 2. The van der Waals surface area contributed by atoms with Gasteiger partial charge in [-0.1, -0.05) is 32.9 Å². The van der Waals surface area contributed by atoms with Crippen LogP contribution in [0.4, 0.5) is 5.69 Å². The Bertz CT molecular complexity index is 844. The van der Waals surface area contributed by atoms with Gasteiger partial charge in [-0.05, 0) is 30.0 Å². The summed E-state index contributed by atoms with van der Waals surface area (Å²) in [7, 11) is -1.43. The maximum Gasteiger partial charge on any atom is 0.237 e. The van der Waals surface area contributed by atoms with Gasteiger partial charge in [0.1, 0.15) is 5.75 Å². The van der Waals surface area contributed by atoms with Crippen LogP contribution in [0.1, 0.15) is 44.4 Å². The van der Waals surface area contributed by atoms with Crippen molar-refractivity contribution in [2.45, 2.75) is 38.9 Å².